The van der Waals surface area contributed by atoms with Crippen LogP contribution in [0, 0.1) is 24.6 Å². The lowest BCUT2D eigenvalue weighted by molar-refractivity contribution is 0.624. The van der Waals surface area contributed by atoms with Gasteiger partial charge in [0.15, 0.2) is 0 Å². The van der Waals surface area contributed by atoms with Crippen molar-refractivity contribution in [2.75, 3.05) is 0 Å². The second-order valence-corrected chi connectivity index (χ2v) is 7.02. The number of hydrogen-bond acceptors (Lipinski definition) is 0. The van der Waals surface area contributed by atoms with E-state index in [2.05, 4.69) is 55.2 Å². The third-order valence-corrected chi connectivity index (χ3v) is 5.04. The molecule has 1 heteroatoms. The van der Waals surface area contributed by atoms with E-state index in [-0.39, 0.29) is 5.82 Å². The molecule has 0 aliphatic carbocycles. The van der Waals surface area contributed by atoms with Gasteiger partial charge in [0, 0.05) is 16.5 Å². The van der Waals surface area contributed by atoms with Gasteiger partial charge in [-0.3, -0.25) is 0 Å². The lowest BCUT2D eigenvalue weighted by atomic mass is 10.0. The van der Waals surface area contributed by atoms with Gasteiger partial charge >= 0.3 is 0 Å². The van der Waals surface area contributed by atoms with Gasteiger partial charge in [0.05, 0.1) is 0 Å². The van der Waals surface area contributed by atoms with Gasteiger partial charge in [0.2, 0.25) is 0 Å². The summed E-state index contributed by atoms with van der Waals surface area (Å²) in [4.78, 5) is 0. The molecule has 0 aliphatic rings. The molecule has 0 radical (unpaired) electrons. The van der Waals surface area contributed by atoms with Crippen LogP contribution < -0.4 is 0 Å². The number of aryl methyl sites for hydroxylation is 2. The zero-order chi connectivity index (χ0) is 19.5. The Bertz CT molecular complexity index is 1190. The molecule has 0 N–H and O–H groups in total. The van der Waals surface area contributed by atoms with E-state index in [0.717, 1.165) is 22.1 Å². The van der Waals surface area contributed by atoms with Gasteiger partial charge in [0.1, 0.15) is 5.82 Å². The van der Waals surface area contributed by atoms with E-state index >= 15 is 0 Å². The Hall–Kier alpha value is -3.37. The zero-order valence-corrected chi connectivity index (χ0v) is 16.1. The number of benzene rings is 4. The molecule has 0 spiro atoms. The Morgan fingerprint density at radius 1 is 0.714 bits per heavy atom. The Morgan fingerprint density at radius 2 is 1.32 bits per heavy atom. The predicted molar refractivity (Wildman–Crippen MR) is 116 cm³/mol. The molecule has 0 atom stereocenters. The van der Waals surface area contributed by atoms with Crippen LogP contribution in [-0.4, -0.2) is 0 Å². The van der Waals surface area contributed by atoms with Crippen LogP contribution in [-0.2, 0) is 6.42 Å². The topological polar surface area (TPSA) is 0 Å². The first kappa shape index (κ1) is 18.0. The highest BCUT2D eigenvalue weighted by Crippen LogP contribution is 2.23. The summed E-state index contributed by atoms with van der Waals surface area (Å²) in [6.45, 7) is 4.06. The fourth-order valence-electron chi connectivity index (χ4n) is 3.32. The maximum atomic E-state index is 14.4. The molecule has 4 rings (SSSR count). The van der Waals surface area contributed by atoms with Crippen LogP contribution >= 0.6 is 0 Å². The monoisotopic (exact) mass is 364 g/mol. The van der Waals surface area contributed by atoms with Crippen molar-refractivity contribution in [1.82, 2.24) is 0 Å². The first-order valence-electron chi connectivity index (χ1n) is 9.54. The second kappa shape index (κ2) is 7.71. The minimum absolute atomic E-state index is 0.119. The van der Waals surface area contributed by atoms with Gasteiger partial charge in [-0.25, -0.2) is 4.39 Å². The third-order valence-electron chi connectivity index (χ3n) is 5.04. The van der Waals surface area contributed by atoms with Crippen LogP contribution in [0.25, 0.3) is 21.9 Å². The molecule has 0 aromatic heterocycles. The van der Waals surface area contributed by atoms with Crippen LogP contribution in [0.5, 0.6) is 0 Å². The highest BCUT2D eigenvalue weighted by atomic mass is 19.1. The van der Waals surface area contributed by atoms with E-state index in [1.807, 2.05) is 49.4 Å². The summed E-state index contributed by atoms with van der Waals surface area (Å²) >= 11 is 0. The van der Waals surface area contributed by atoms with E-state index in [0.29, 0.717) is 11.8 Å². The maximum Gasteiger partial charge on any atom is 0.134 e. The van der Waals surface area contributed by atoms with Crippen LogP contribution in [0.15, 0.2) is 78.9 Å². The van der Waals surface area contributed by atoms with Gasteiger partial charge < -0.3 is 0 Å². The molecule has 0 fully saturated rings. The summed E-state index contributed by atoms with van der Waals surface area (Å²) in [5.74, 6) is 6.28. The minimum atomic E-state index is -0.119. The number of halogens is 1. The van der Waals surface area contributed by atoms with Crippen LogP contribution in [0.2, 0.25) is 0 Å². The quantitative estimate of drug-likeness (QED) is 0.339. The average Bonchev–Trinajstić information content (AvgIpc) is 2.73. The predicted octanol–water partition coefficient (Wildman–Crippen LogP) is 6.92. The summed E-state index contributed by atoms with van der Waals surface area (Å²) in [5.41, 5.74) is 6.24. The average molecular weight is 364 g/mol. The fraction of sp³-hybridized carbons (Fsp3) is 0.111. The fourth-order valence-corrected chi connectivity index (χ4v) is 3.32. The molecular weight excluding hydrogens is 343 g/mol. The smallest absolute Gasteiger partial charge is 0.134 e. The van der Waals surface area contributed by atoms with Gasteiger partial charge in [-0.2, -0.15) is 0 Å². The molecule has 0 saturated carbocycles. The van der Waals surface area contributed by atoms with Gasteiger partial charge in [0.25, 0.3) is 0 Å². The Balaban J connectivity index is 1.59. The molecule has 0 amide bonds. The summed E-state index contributed by atoms with van der Waals surface area (Å²) < 4.78 is 14.4. The highest BCUT2D eigenvalue weighted by molar-refractivity contribution is 5.85. The molecule has 28 heavy (non-hydrogen) atoms. The van der Waals surface area contributed by atoms with E-state index in [9.17, 15) is 4.39 Å². The third kappa shape index (κ3) is 3.68. The van der Waals surface area contributed by atoms with E-state index in [4.69, 9.17) is 0 Å². The van der Waals surface area contributed by atoms with E-state index in [1.165, 1.54) is 16.7 Å². The Kier molecular flexibility index (Phi) is 4.96. The van der Waals surface area contributed by atoms with Crippen LogP contribution in [0.3, 0.4) is 0 Å². The van der Waals surface area contributed by atoms with E-state index in [1.54, 1.807) is 0 Å². The van der Waals surface area contributed by atoms with Crippen molar-refractivity contribution in [1.29, 1.82) is 0 Å². The standard InChI is InChI=1S/C27H21F/c1-3-22-15-16-25-18-21(10-17-26(25)27(22)28)7-6-20-8-13-24(14-9-20)23-11-4-19(2)5-12-23/h4-5,8-18H,3H2,1-2H3. The first-order chi connectivity index (χ1) is 13.6. The molecule has 0 unspecified atom stereocenters. The molecule has 0 aliphatic heterocycles. The second-order valence-electron chi connectivity index (χ2n) is 7.02. The molecule has 0 saturated heterocycles. The zero-order valence-electron chi connectivity index (χ0n) is 16.1. The van der Waals surface area contributed by atoms with Gasteiger partial charge in [-0.1, -0.05) is 78.9 Å². The van der Waals surface area contributed by atoms with Crippen molar-refractivity contribution in [2.45, 2.75) is 20.3 Å². The van der Waals surface area contributed by atoms with Crippen LogP contribution in [0.1, 0.15) is 29.2 Å². The van der Waals surface area contributed by atoms with Crippen molar-refractivity contribution in [3.05, 3.63) is 107 Å². The minimum Gasteiger partial charge on any atom is -0.206 e. The lowest BCUT2D eigenvalue weighted by Crippen LogP contribution is -1.89. The van der Waals surface area contributed by atoms with Gasteiger partial charge in [-0.15, -0.1) is 0 Å². The van der Waals surface area contributed by atoms with E-state index < -0.39 is 0 Å². The lowest BCUT2D eigenvalue weighted by Gasteiger charge is -2.05. The largest absolute Gasteiger partial charge is 0.206 e. The van der Waals surface area contributed by atoms with Crippen molar-refractivity contribution >= 4 is 10.8 Å². The number of hydrogen-bond donors (Lipinski definition) is 0. The maximum absolute atomic E-state index is 14.4. The Morgan fingerprint density at radius 3 is 2.00 bits per heavy atom. The van der Waals surface area contributed by atoms with Crippen molar-refractivity contribution in [3.8, 4) is 23.0 Å². The molecule has 0 heterocycles. The molecular formula is C27H21F. The molecule has 136 valence electrons. The van der Waals surface area contributed by atoms with Crippen molar-refractivity contribution in [2.24, 2.45) is 0 Å². The van der Waals surface area contributed by atoms with Crippen LogP contribution in [0.4, 0.5) is 4.39 Å². The highest BCUT2D eigenvalue weighted by Gasteiger charge is 2.06. The summed E-state index contributed by atoms with van der Waals surface area (Å²) in [7, 11) is 0. The summed E-state index contributed by atoms with van der Waals surface area (Å²) in [6, 6.07) is 26.3. The molecule has 4 aromatic rings. The van der Waals surface area contributed by atoms with Gasteiger partial charge in [-0.05, 0) is 59.7 Å². The molecule has 4 aromatic carbocycles. The normalized spacial score (nSPS) is 10.5. The SMILES string of the molecule is CCc1ccc2cc(C#Cc3ccc(-c4ccc(C)cc4)cc3)ccc2c1F. The number of fused-ring (bicyclic) bond motifs is 1. The van der Waals surface area contributed by atoms with Crippen molar-refractivity contribution in [3.63, 3.8) is 0 Å². The molecule has 0 bridgehead atoms. The van der Waals surface area contributed by atoms with Crippen molar-refractivity contribution < 1.29 is 4.39 Å². The molecule has 0 nitrogen and oxygen atoms in total. The Labute approximate surface area is 165 Å². The summed E-state index contributed by atoms with van der Waals surface area (Å²) in [6.07, 6.45) is 0.696. The summed E-state index contributed by atoms with van der Waals surface area (Å²) in [5, 5.41) is 1.54. The number of rotatable bonds is 2. The first-order valence-corrected chi connectivity index (χ1v) is 9.54.